The van der Waals surface area contributed by atoms with E-state index in [1.807, 2.05) is 5.38 Å². The molecule has 0 aliphatic heterocycles. The van der Waals surface area contributed by atoms with Crippen LogP contribution in [0, 0.1) is 5.82 Å². The van der Waals surface area contributed by atoms with Crippen LogP contribution in [0.1, 0.15) is 9.84 Å². The number of fused-ring (bicyclic) bond motifs is 1. The molecule has 0 aliphatic rings. The Labute approximate surface area is 178 Å². The molecule has 0 saturated heterocycles. The molecular weight excluding hydrogens is 431 g/mol. The van der Waals surface area contributed by atoms with Crippen LogP contribution in [0.3, 0.4) is 0 Å². The number of nitrogens with one attached hydrogen (secondary N) is 3. The number of H-pyrrole nitrogens is 1. The van der Waals surface area contributed by atoms with Crippen LogP contribution in [0.4, 0.5) is 15.1 Å². The second kappa shape index (κ2) is 7.80. The zero-order valence-corrected chi connectivity index (χ0v) is 17.1. The summed E-state index contributed by atoms with van der Waals surface area (Å²) >= 11 is 1.30. The number of hydrogen-bond acceptors (Lipinski definition) is 7. The van der Waals surface area contributed by atoms with E-state index in [9.17, 15) is 17.6 Å². The number of sulfonamides is 1. The van der Waals surface area contributed by atoms with Crippen LogP contribution in [0.15, 0.2) is 42.0 Å². The lowest BCUT2D eigenvalue weighted by atomic mass is 10.1. The van der Waals surface area contributed by atoms with Crippen molar-refractivity contribution in [2.45, 2.75) is 6.42 Å². The van der Waals surface area contributed by atoms with Crippen LogP contribution in [-0.2, 0) is 21.2 Å². The molecule has 9 nitrogen and oxygen atoms in total. The van der Waals surface area contributed by atoms with Gasteiger partial charge in [0, 0.05) is 33.3 Å². The average molecular weight is 453 g/mol. The summed E-state index contributed by atoms with van der Waals surface area (Å²) in [6.07, 6.45) is 3.85. The highest BCUT2D eigenvalue weighted by molar-refractivity contribution is 7.92. The van der Waals surface area contributed by atoms with Crippen molar-refractivity contribution in [1.82, 2.24) is 20.2 Å². The van der Waals surface area contributed by atoms with Crippen molar-refractivity contribution in [2.75, 3.05) is 16.3 Å². The van der Waals surface area contributed by atoms with Crippen molar-refractivity contribution >= 4 is 49.1 Å². The summed E-state index contributed by atoms with van der Waals surface area (Å²) in [5.41, 5.74) is 2.83. The lowest BCUT2D eigenvalue weighted by Gasteiger charge is -2.08. The first-order valence-corrected chi connectivity index (χ1v) is 11.4. The number of aromatic nitrogens is 4. The van der Waals surface area contributed by atoms with Gasteiger partial charge in [-0.15, -0.1) is 11.3 Å². The number of benzene rings is 1. The number of anilines is 2. The van der Waals surface area contributed by atoms with Gasteiger partial charge in [0.2, 0.25) is 15.9 Å². The largest absolute Gasteiger partial charge is 0.317 e. The molecular formula is C18H21FN6O3S2. The van der Waals surface area contributed by atoms with Gasteiger partial charge in [0.05, 0.1) is 23.4 Å². The van der Waals surface area contributed by atoms with Crippen molar-refractivity contribution in [3.05, 3.63) is 53.4 Å². The number of nitrogens with zero attached hydrogens (tertiary/aromatic N) is 3. The smallest absolute Gasteiger partial charge is 0.229 e. The summed E-state index contributed by atoms with van der Waals surface area (Å²) in [5, 5.41) is 12.1. The molecule has 0 spiro atoms. The number of thiophene rings is 1. The molecule has 4 aromatic rings. The molecule has 3 heterocycles. The Balaban J connectivity index is 0.00000181. The van der Waals surface area contributed by atoms with E-state index in [4.69, 9.17) is 0 Å². The summed E-state index contributed by atoms with van der Waals surface area (Å²) in [4.78, 5) is 20.8. The monoisotopic (exact) mass is 452 g/mol. The molecule has 1 aromatic carbocycles. The number of carbonyl (C=O) groups excluding carboxylic acids is 1. The van der Waals surface area contributed by atoms with Crippen molar-refractivity contribution in [3.63, 3.8) is 0 Å². The third-order valence-electron chi connectivity index (χ3n) is 4.04. The molecule has 0 unspecified atom stereocenters. The van der Waals surface area contributed by atoms with Crippen LogP contribution in [0.5, 0.6) is 0 Å². The summed E-state index contributed by atoms with van der Waals surface area (Å²) in [6, 6.07) is 5.46. The van der Waals surface area contributed by atoms with E-state index in [1.165, 1.54) is 23.5 Å². The number of carbonyl (C=O) groups is 1. The molecule has 3 N–H and O–H groups in total. The van der Waals surface area contributed by atoms with Gasteiger partial charge in [-0.3, -0.25) is 14.6 Å². The first kappa shape index (κ1) is 19.9. The van der Waals surface area contributed by atoms with E-state index in [0.29, 0.717) is 21.9 Å². The van der Waals surface area contributed by atoms with Gasteiger partial charge in [-0.05, 0) is 29.8 Å². The average Bonchev–Trinajstić information content (AvgIpc) is 3.29. The number of hydrogen-bond donors (Lipinski definition) is 3. The zero-order valence-electron chi connectivity index (χ0n) is 15.5. The van der Waals surface area contributed by atoms with E-state index in [0.717, 1.165) is 17.9 Å². The normalized spacial score (nSPS) is 11.5. The van der Waals surface area contributed by atoms with E-state index in [-0.39, 0.29) is 22.0 Å². The highest BCUT2D eigenvalue weighted by Gasteiger charge is 2.14. The molecule has 0 bridgehead atoms. The molecule has 4 rings (SSSR count). The van der Waals surface area contributed by atoms with Crippen molar-refractivity contribution < 1.29 is 21.9 Å². The number of amides is 1. The van der Waals surface area contributed by atoms with E-state index in [1.54, 1.807) is 18.5 Å². The molecule has 0 fully saturated rings. The highest BCUT2D eigenvalue weighted by Crippen LogP contribution is 2.31. The molecule has 0 saturated carbocycles. The van der Waals surface area contributed by atoms with Crippen molar-refractivity contribution in [2.24, 2.45) is 0 Å². The third kappa shape index (κ3) is 4.44. The zero-order chi connectivity index (χ0) is 21.3. The second-order valence-corrected chi connectivity index (χ2v) is 9.09. The molecule has 0 radical (unpaired) electrons. The maximum atomic E-state index is 14.1. The summed E-state index contributed by atoms with van der Waals surface area (Å²) in [5.74, 6) is -1.04. The minimum Gasteiger partial charge on any atom is -0.317 e. The quantitative estimate of drug-likeness (QED) is 0.410. The fraction of sp³-hybridized carbons (Fsp3) is 0.111. The number of rotatable bonds is 6. The number of aromatic amines is 1. The first-order valence-electron chi connectivity index (χ1n) is 8.58. The molecule has 0 aliphatic carbocycles. The minimum absolute atomic E-state index is 0. The van der Waals surface area contributed by atoms with Crippen molar-refractivity contribution in [3.8, 4) is 11.3 Å². The number of halogens is 1. The third-order valence-corrected chi connectivity index (χ3v) is 5.49. The van der Waals surface area contributed by atoms with Gasteiger partial charge in [-0.25, -0.2) is 22.8 Å². The van der Waals surface area contributed by atoms with E-state index < -0.39 is 21.7 Å². The van der Waals surface area contributed by atoms with Crippen LogP contribution >= 0.6 is 11.3 Å². The molecule has 1 amide bonds. The molecule has 12 heteroatoms. The lowest BCUT2D eigenvalue weighted by molar-refractivity contribution is -0.115. The van der Waals surface area contributed by atoms with Gasteiger partial charge in [0.15, 0.2) is 5.65 Å². The highest BCUT2D eigenvalue weighted by atomic mass is 32.2. The topological polar surface area (TPSA) is 130 Å². The fourth-order valence-electron chi connectivity index (χ4n) is 2.83. The van der Waals surface area contributed by atoms with Crippen LogP contribution < -0.4 is 10.0 Å². The van der Waals surface area contributed by atoms with Gasteiger partial charge >= 0.3 is 0 Å². The van der Waals surface area contributed by atoms with Crippen LogP contribution in [0.2, 0.25) is 0 Å². The lowest BCUT2D eigenvalue weighted by Crippen LogP contribution is -2.15. The predicted molar refractivity (Wildman–Crippen MR) is 119 cm³/mol. The summed E-state index contributed by atoms with van der Waals surface area (Å²) in [6.45, 7) is 0. The van der Waals surface area contributed by atoms with Gasteiger partial charge in [0.25, 0.3) is 0 Å². The Kier molecular flexibility index (Phi) is 5.18. The van der Waals surface area contributed by atoms with Gasteiger partial charge in [-0.2, -0.15) is 5.10 Å². The fourth-order valence-corrected chi connectivity index (χ4v) is 4.19. The van der Waals surface area contributed by atoms with Gasteiger partial charge < -0.3 is 5.32 Å². The summed E-state index contributed by atoms with van der Waals surface area (Å²) < 4.78 is 39.0. The second-order valence-electron chi connectivity index (χ2n) is 6.43. The van der Waals surface area contributed by atoms with Crippen molar-refractivity contribution in [1.29, 1.82) is 0 Å². The molecule has 3 aromatic heterocycles. The maximum absolute atomic E-state index is 14.1. The van der Waals surface area contributed by atoms with E-state index in [2.05, 4.69) is 30.2 Å². The Bertz CT molecular complexity index is 1360. The van der Waals surface area contributed by atoms with Gasteiger partial charge in [0.1, 0.15) is 11.3 Å². The Morgan fingerprint density at radius 1 is 1.27 bits per heavy atom. The molecule has 0 atom stereocenters. The molecule has 30 heavy (non-hydrogen) atoms. The predicted octanol–water partition coefficient (Wildman–Crippen LogP) is 3.51. The maximum Gasteiger partial charge on any atom is 0.229 e. The van der Waals surface area contributed by atoms with Gasteiger partial charge in [-0.1, -0.05) is 0 Å². The Morgan fingerprint density at radius 3 is 2.87 bits per heavy atom. The Hall–Kier alpha value is -3.38. The van der Waals surface area contributed by atoms with E-state index >= 15 is 0 Å². The van der Waals surface area contributed by atoms with Crippen LogP contribution in [0.25, 0.3) is 22.4 Å². The molecule has 160 valence electrons. The SMILES string of the molecule is CS(=O)(=O)Nc1ccc(F)c(CC(=O)Nc2cc(-c3[nH]nc4nccnc34)cs2)c1.[HH].[HH].[HH]. The summed E-state index contributed by atoms with van der Waals surface area (Å²) in [7, 11) is -3.51. The standard InChI is InChI=1S/C18H15FN6O3S2.3H2/c1-30(27,28)25-12-2-3-13(19)10(6-12)7-14(26)22-15-8-11(9-29-15)16-17-18(24-23-16)21-5-4-20-17;;;/h2-6,8-9,25H,7H2,1H3,(H,22,26)(H,21,23,24);3*1H. The first-order chi connectivity index (χ1) is 14.3. The minimum atomic E-state index is -3.51. The van der Waals surface area contributed by atoms with Crippen LogP contribution in [-0.4, -0.2) is 40.7 Å². The Morgan fingerprint density at radius 2 is 2.07 bits per heavy atom.